The Balaban J connectivity index is 2.17. The van der Waals surface area contributed by atoms with Crippen LogP contribution in [0.15, 0.2) is 30.3 Å². The zero-order valence-corrected chi connectivity index (χ0v) is 11.1. The minimum absolute atomic E-state index is 0.0807. The number of carbonyl (C=O) groups is 1. The number of hydrogen-bond acceptors (Lipinski definition) is 2. The minimum atomic E-state index is -0.507. The fraction of sp³-hybridized carbons (Fsp3) is 0.533. The second-order valence-corrected chi connectivity index (χ2v) is 4.62. The van der Waals surface area contributed by atoms with Crippen LogP contribution in [0, 0.1) is 0 Å². The molecular weight excluding hydrogens is 226 g/mol. The van der Waals surface area contributed by atoms with Gasteiger partial charge in [-0.05, 0) is 12.0 Å². The van der Waals surface area contributed by atoms with Crippen LogP contribution in [0.3, 0.4) is 0 Å². The molecule has 0 aliphatic heterocycles. The third-order valence-corrected chi connectivity index (χ3v) is 2.89. The van der Waals surface area contributed by atoms with Crippen molar-refractivity contribution >= 4 is 5.91 Å². The number of aliphatic hydroxyl groups excluding tert-OH is 1. The molecule has 0 fully saturated rings. The van der Waals surface area contributed by atoms with Crippen molar-refractivity contribution in [3.63, 3.8) is 0 Å². The third-order valence-electron chi connectivity index (χ3n) is 2.89. The molecule has 3 heteroatoms. The smallest absolute Gasteiger partial charge is 0.222 e. The summed E-state index contributed by atoms with van der Waals surface area (Å²) in [6, 6.07) is 9.78. The largest absolute Gasteiger partial charge is 0.393 e. The molecule has 1 rings (SSSR count). The van der Waals surface area contributed by atoms with Crippen molar-refractivity contribution in [2.45, 2.75) is 51.7 Å². The van der Waals surface area contributed by atoms with E-state index < -0.39 is 6.10 Å². The third kappa shape index (κ3) is 6.40. The van der Waals surface area contributed by atoms with Gasteiger partial charge in [0.05, 0.1) is 12.5 Å². The maximum atomic E-state index is 11.6. The van der Waals surface area contributed by atoms with E-state index in [4.69, 9.17) is 0 Å². The molecule has 0 heterocycles. The van der Waals surface area contributed by atoms with E-state index in [1.165, 1.54) is 0 Å². The summed E-state index contributed by atoms with van der Waals surface area (Å²) in [6.07, 6.45) is 3.65. The van der Waals surface area contributed by atoms with Gasteiger partial charge in [-0.15, -0.1) is 0 Å². The van der Waals surface area contributed by atoms with E-state index in [0.717, 1.165) is 24.8 Å². The number of nitrogens with one attached hydrogen (secondary N) is 1. The Morgan fingerprint density at radius 1 is 1.28 bits per heavy atom. The summed E-state index contributed by atoms with van der Waals surface area (Å²) >= 11 is 0. The highest BCUT2D eigenvalue weighted by Crippen LogP contribution is 2.06. The van der Waals surface area contributed by atoms with Crippen LogP contribution in [0.5, 0.6) is 0 Å². The maximum absolute atomic E-state index is 11.6. The predicted molar refractivity (Wildman–Crippen MR) is 73.1 cm³/mol. The van der Waals surface area contributed by atoms with Crippen LogP contribution in [0.25, 0.3) is 0 Å². The minimum Gasteiger partial charge on any atom is -0.393 e. The van der Waals surface area contributed by atoms with Gasteiger partial charge in [0.1, 0.15) is 0 Å². The van der Waals surface area contributed by atoms with Gasteiger partial charge in [0, 0.05) is 6.54 Å². The highest BCUT2D eigenvalue weighted by Gasteiger charge is 2.09. The normalized spacial score (nSPS) is 12.1. The van der Waals surface area contributed by atoms with Gasteiger partial charge in [0.15, 0.2) is 0 Å². The molecule has 0 aliphatic carbocycles. The molecule has 0 saturated heterocycles. The molecule has 1 atom stereocenters. The average molecular weight is 249 g/mol. The number of benzene rings is 1. The quantitative estimate of drug-likeness (QED) is 0.696. The molecule has 0 unspecified atom stereocenters. The standard InChI is InChI=1S/C15H23NO2/c1-2-3-5-10-14(17)11-15(18)16-12-13-8-6-4-7-9-13/h4,6-9,14,17H,2-3,5,10-12H2,1H3,(H,16,18)/t14-/m0/s1. The average Bonchev–Trinajstić information content (AvgIpc) is 2.38. The molecule has 100 valence electrons. The van der Waals surface area contributed by atoms with Crippen molar-refractivity contribution in [3.8, 4) is 0 Å². The molecule has 2 N–H and O–H groups in total. The summed E-state index contributed by atoms with van der Waals surface area (Å²) in [5.74, 6) is -0.0807. The van der Waals surface area contributed by atoms with Crippen LogP contribution in [0.2, 0.25) is 0 Å². The lowest BCUT2D eigenvalue weighted by molar-refractivity contribution is -0.123. The first-order valence-electron chi connectivity index (χ1n) is 6.71. The monoisotopic (exact) mass is 249 g/mol. The van der Waals surface area contributed by atoms with Crippen molar-refractivity contribution in [1.29, 1.82) is 0 Å². The summed E-state index contributed by atoms with van der Waals surface area (Å²) in [6.45, 7) is 2.65. The number of rotatable bonds is 8. The molecular formula is C15H23NO2. The lowest BCUT2D eigenvalue weighted by Crippen LogP contribution is -2.27. The molecule has 1 amide bonds. The second-order valence-electron chi connectivity index (χ2n) is 4.62. The van der Waals surface area contributed by atoms with Crippen LogP contribution >= 0.6 is 0 Å². The highest BCUT2D eigenvalue weighted by atomic mass is 16.3. The van der Waals surface area contributed by atoms with Gasteiger partial charge in [-0.1, -0.05) is 56.5 Å². The Morgan fingerprint density at radius 3 is 2.67 bits per heavy atom. The van der Waals surface area contributed by atoms with E-state index in [9.17, 15) is 9.90 Å². The Kier molecular flexibility index (Phi) is 7.11. The van der Waals surface area contributed by atoms with Gasteiger partial charge in [-0.3, -0.25) is 4.79 Å². The van der Waals surface area contributed by atoms with Crippen molar-refractivity contribution < 1.29 is 9.90 Å². The number of carbonyl (C=O) groups excluding carboxylic acids is 1. The van der Waals surface area contributed by atoms with Gasteiger partial charge < -0.3 is 10.4 Å². The van der Waals surface area contributed by atoms with Gasteiger partial charge in [-0.2, -0.15) is 0 Å². The van der Waals surface area contributed by atoms with Crippen molar-refractivity contribution in [2.24, 2.45) is 0 Å². The molecule has 0 bridgehead atoms. The van der Waals surface area contributed by atoms with E-state index in [1.54, 1.807) is 0 Å². The van der Waals surface area contributed by atoms with Crippen LogP contribution in [0.4, 0.5) is 0 Å². The summed E-state index contributed by atoms with van der Waals surface area (Å²) in [5, 5.41) is 12.5. The topological polar surface area (TPSA) is 49.3 Å². The molecule has 0 aliphatic rings. The van der Waals surface area contributed by atoms with E-state index in [0.29, 0.717) is 13.0 Å². The molecule has 3 nitrogen and oxygen atoms in total. The van der Waals surface area contributed by atoms with E-state index in [1.807, 2.05) is 30.3 Å². The zero-order chi connectivity index (χ0) is 13.2. The first-order chi connectivity index (χ1) is 8.72. The highest BCUT2D eigenvalue weighted by molar-refractivity contribution is 5.76. The Bertz CT molecular complexity index is 338. The van der Waals surface area contributed by atoms with E-state index >= 15 is 0 Å². The molecule has 0 spiro atoms. The van der Waals surface area contributed by atoms with Gasteiger partial charge in [0.25, 0.3) is 0 Å². The lowest BCUT2D eigenvalue weighted by Gasteiger charge is -2.10. The van der Waals surface area contributed by atoms with Crippen molar-refractivity contribution in [1.82, 2.24) is 5.32 Å². The molecule has 18 heavy (non-hydrogen) atoms. The predicted octanol–water partition coefficient (Wildman–Crippen LogP) is 2.63. The maximum Gasteiger partial charge on any atom is 0.222 e. The van der Waals surface area contributed by atoms with Gasteiger partial charge in [0.2, 0.25) is 5.91 Å². The molecule has 0 radical (unpaired) electrons. The lowest BCUT2D eigenvalue weighted by atomic mass is 10.1. The molecule has 0 aromatic heterocycles. The number of amides is 1. The SMILES string of the molecule is CCCCC[C@H](O)CC(=O)NCc1ccccc1. The summed E-state index contributed by atoms with van der Waals surface area (Å²) < 4.78 is 0. The summed E-state index contributed by atoms with van der Waals surface area (Å²) in [4.78, 5) is 11.6. The number of unbranched alkanes of at least 4 members (excludes halogenated alkanes) is 2. The van der Waals surface area contributed by atoms with E-state index in [-0.39, 0.29) is 12.3 Å². The molecule has 1 aromatic carbocycles. The van der Waals surface area contributed by atoms with Crippen molar-refractivity contribution in [3.05, 3.63) is 35.9 Å². The Morgan fingerprint density at radius 2 is 2.00 bits per heavy atom. The van der Waals surface area contributed by atoms with Gasteiger partial charge >= 0.3 is 0 Å². The Hall–Kier alpha value is -1.35. The first-order valence-corrected chi connectivity index (χ1v) is 6.71. The van der Waals surface area contributed by atoms with Crippen LogP contribution in [-0.4, -0.2) is 17.1 Å². The number of aliphatic hydroxyl groups is 1. The second kappa shape index (κ2) is 8.70. The molecule has 0 saturated carbocycles. The number of hydrogen-bond donors (Lipinski definition) is 2. The fourth-order valence-electron chi connectivity index (χ4n) is 1.81. The van der Waals surface area contributed by atoms with Crippen molar-refractivity contribution in [2.75, 3.05) is 0 Å². The van der Waals surface area contributed by atoms with Crippen LogP contribution in [0.1, 0.15) is 44.6 Å². The van der Waals surface area contributed by atoms with E-state index in [2.05, 4.69) is 12.2 Å². The molecule has 1 aromatic rings. The van der Waals surface area contributed by atoms with Gasteiger partial charge in [-0.25, -0.2) is 0 Å². The van der Waals surface area contributed by atoms with Crippen LogP contribution in [-0.2, 0) is 11.3 Å². The summed E-state index contributed by atoms with van der Waals surface area (Å²) in [7, 11) is 0. The first kappa shape index (κ1) is 14.7. The summed E-state index contributed by atoms with van der Waals surface area (Å²) in [5.41, 5.74) is 1.08. The van der Waals surface area contributed by atoms with Crippen LogP contribution < -0.4 is 5.32 Å². The Labute approximate surface area is 109 Å². The zero-order valence-electron chi connectivity index (χ0n) is 11.1. The fourth-order valence-corrected chi connectivity index (χ4v) is 1.81.